The zero-order valence-electron chi connectivity index (χ0n) is 17.2. The molecule has 4 bridgehead atoms. The highest BCUT2D eigenvalue weighted by Crippen LogP contribution is 2.27. The molecule has 3 aromatic rings. The first-order chi connectivity index (χ1) is 14.6. The highest BCUT2D eigenvalue weighted by Gasteiger charge is 2.17. The molecule has 152 valence electrons. The summed E-state index contributed by atoms with van der Waals surface area (Å²) in [7, 11) is 0. The minimum Gasteiger partial charge on any atom is -0.489 e. The number of rotatable bonds is 1. The van der Waals surface area contributed by atoms with Gasteiger partial charge in [0, 0.05) is 35.4 Å². The van der Waals surface area contributed by atoms with Gasteiger partial charge in [-0.3, -0.25) is 4.90 Å². The summed E-state index contributed by atoms with van der Waals surface area (Å²) in [6.45, 7) is 4.87. The van der Waals surface area contributed by atoms with Crippen LogP contribution < -0.4 is 20.3 Å². The van der Waals surface area contributed by atoms with Crippen LogP contribution in [0.3, 0.4) is 0 Å². The Labute approximate surface area is 177 Å². The van der Waals surface area contributed by atoms with Crippen molar-refractivity contribution in [1.29, 1.82) is 0 Å². The van der Waals surface area contributed by atoms with Gasteiger partial charge < -0.3 is 15.4 Å². The summed E-state index contributed by atoms with van der Waals surface area (Å²) < 4.78 is 5.80. The maximum atomic E-state index is 13.2. The minimum atomic E-state index is -0.175. The second kappa shape index (κ2) is 8.74. The Kier molecular flexibility index (Phi) is 5.70. The monoisotopic (exact) mass is 399 g/mol. The van der Waals surface area contributed by atoms with E-state index in [0.29, 0.717) is 13.2 Å². The molecule has 1 aliphatic heterocycles. The van der Waals surface area contributed by atoms with Crippen molar-refractivity contribution in [3.8, 4) is 5.75 Å². The maximum absolute atomic E-state index is 13.2. The zero-order valence-corrected chi connectivity index (χ0v) is 17.2. The maximum Gasteiger partial charge on any atom is 0.326 e. The van der Waals surface area contributed by atoms with Crippen molar-refractivity contribution < 1.29 is 9.53 Å². The lowest BCUT2D eigenvalue weighted by Crippen LogP contribution is -2.35. The molecule has 30 heavy (non-hydrogen) atoms. The molecule has 5 heteroatoms. The molecule has 0 spiro atoms. The standard InChI is InChI=1S/C25H25N3O2/c1-18-8-5-9-19(2)24(18)27-25(29)28-14-3-4-15-30-23-13-7-11-21(17-23)26-20-10-6-12-22(28)16-20/h3-13,16-17,26H,14-15H2,1-2H3,(H,27,29)/b4-3+. The predicted octanol–water partition coefficient (Wildman–Crippen LogP) is 6.03. The number of anilines is 4. The highest BCUT2D eigenvalue weighted by molar-refractivity contribution is 6.03. The van der Waals surface area contributed by atoms with Gasteiger partial charge >= 0.3 is 6.03 Å². The summed E-state index contributed by atoms with van der Waals surface area (Å²) in [6, 6.07) is 21.5. The molecule has 1 heterocycles. The van der Waals surface area contributed by atoms with Gasteiger partial charge in [-0.1, -0.05) is 36.4 Å². The number of ether oxygens (including phenoxy) is 1. The predicted molar refractivity (Wildman–Crippen MR) is 123 cm³/mol. The first-order valence-electron chi connectivity index (χ1n) is 10.00. The van der Waals surface area contributed by atoms with E-state index < -0.39 is 0 Å². The quantitative estimate of drug-likeness (QED) is 0.491. The van der Waals surface area contributed by atoms with Gasteiger partial charge in [-0.25, -0.2) is 4.79 Å². The van der Waals surface area contributed by atoms with Gasteiger partial charge in [0.1, 0.15) is 12.4 Å². The number of fused-ring (bicyclic) bond motifs is 4. The van der Waals surface area contributed by atoms with Crippen LogP contribution in [0.5, 0.6) is 5.75 Å². The van der Waals surface area contributed by atoms with Crippen molar-refractivity contribution in [2.75, 3.05) is 28.7 Å². The summed E-state index contributed by atoms with van der Waals surface area (Å²) in [6.07, 6.45) is 3.88. The average molecular weight is 399 g/mol. The van der Waals surface area contributed by atoms with Crippen LogP contribution in [-0.4, -0.2) is 19.2 Å². The first-order valence-corrected chi connectivity index (χ1v) is 10.00. The van der Waals surface area contributed by atoms with E-state index in [1.165, 1.54) is 0 Å². The van der Waals surface area contributed by atoms with Crippen LogP contribution in [0, 0.1) is 13.8 Å². The lowest BCUT2D eigenvalue weighted by Gasteiger charge is -2.24. The van der Waals surface area contributed by atoms with Crippen molar-refractivity contribution in [1.82, 2.24) is 0 Å². The number of amides is 2. The first kappa shape index (κ1) is 19.6. The smallest absolute Gasteiger partial charge is 0.326 e. The van der Waals surface area contributed by atoms with Gasteiger partial charge in [0.05, 0.1) is 0 Å². The van der Waals surface area contributed by atoms with E-state index in [9.17, 15) is 4.79 Å². The van der Waals surface area contributed by atoms with E-state index in [4.69, 9.17) is 4.74 Å². The van der Waals surface area contributed by atoms with Gasteiger partial charge in [0.25, 0.3) is 0 Å². The number of nitrogens with one attached hydrogen (secondary N) is 2. The molecular weight excluding hydrogens is 374 g/mol. The van der Waals surface area contributed by atoms with Crippen LogP contribution in [0.1, 0.15) is 11.1 Å². The highest BCUT2D eigenvalue weighted by atomic mass is 16.5. The van der Waals surface area contributed by atoms with E-state index in [2.05, 4.69) is 10.6 Å². The van der Waals surface area contributed by atoms with Gasteiger partial charge in [-0.05, 0) is 61.4 Å². The number of carbonyl (C=O) groups excluding carboxylic acids is 1. The molecule has 2 amide bonds. The summed E-state index contributed by atoms with van der Waals surface area (Å²) in [4.78, 5) is 15.0. The average Bonchev–Trinajstić information content (AvgIpc) is 2.74. The molecule has 0 atom stereocenters. The molecule has 0 fully saturated rings. The Balaban J connectivity index is 1.66. The molecular formula is C25H25N3O2. The normalized spacial score (nSPS) is 14.3. The second-order valence-electron chi connectivity index (χ2n) is 7.29. The van der Waals surface area contributed by atoms with E-state index in [-0.39, 0.29) is 6.03 Å². The summed E-state index contributed by atoms with van der Waals surface area (Å²) in [5.41, 5.74) is 5.56. The van der Waals surface area contributed by atoms with Crippen molar-refractivity contribution in [2.45, 2.75) is 13.8 Å². The third kappa shape index (κ3) is 4.46. The number of benzene rings is 3. The Morgan fingerprint density at radius 3 is 2.43 bits per heavy atom. The molecule has 1 aliphatic rings. The van der Waals surface area contributed by atoms with Gasteiger partial charge in [0.15, 0.2) is 0 Å². The molecule has 0 aliphatic carbocycles. The van der Waals surface area contributed by atoms with E-state index in [1.807, 2.05) is 92.7 Å². The van der Waals surface area contributed by atoms with Crippen LogP contribution in [-0.2, 0) is 0 Å². The summed E-state index contributed by atoms with van der Waals surface area (Å²) in [5, 5.41) is 6.48. The number of hydrogen-bond acceptors (Lipinski definition) is 3. The number of urea groups is 1. The molecule has 2 N–H and O–H groups in total. The second-order valence-corrected chi connectivity index (χ2v) is 7.29. The van der Waals surface area contributed by atoms with Crippen LogP contribution in [0.4, 0.5) is 27.5 Å². The van der Waals surface area contributed by atoms with Crippen molar-refractivity contribution in [3.63, 3.8) is 0 Å². The molecule has 0 saturated heterocycles. The van der Waals surface area contributed by atoms with Crippen LogP contribution >= 0.6 is 0 Å². The van der Waals surface area contributed by atoms with Crippen LogP contribution in [0.25, 0.3) is 0 Å². The van der Waals surface area contributed by atoms with E-state index in [1.54, 1.807) is 4.90 Å². The number of carbonyl (C=O) groups is 1. The fourth-order valence-electron chi connectivity index (χ4n) is 3.47. The number of hydrogen-bond donors (Lipinski definition) is 2. The van der Waals surface area contributed by atoms with Gasteiger partial charge in [-0.15, -0.1) is 0 Å². The Hall–Kier alpha value is -3.73. The zero-order chi connectivity index (χ0) is 20.9. The molecule has 3 aromatic carbocycles. The SMILES string of the molecule is Cc1cccc(C)c1NC(=O)N1C/C=C/COc2cccc(c2)Nc2cccc1c2. The van der Waals surface area contributed by atoms with Gasteiger partial charge in [-0.2, -0.15) is 0 Å². The van der Waals surface area contributed by atoms with E-state index in [0.717, 1.165) is 39.6 Å². The van der Waals surface area contributed by atoms with Crippen molar-refractivity contribution >= 4 is 28.8 Å². The topological polar surface area (TPSA) is 53.6 Å². The fraction of sp³-hybridized carbons (Fsp3) is 0.160. The molecule has 0 unspecified atom stereocenters. The molecule has 0 radical (unpaired) electrons. The fourth-order valence-corrected chi connectivity index (χ4v) is 3.47. The molecule has 4 rings (SSSR count). The van der Waals surface area contributed by atoms with Crippen molar-refractivity contribution in [3.05, 3.63) is 90.0 Å². The Morgan fingerprint density at radius 2 is 1.63 bits per heavy atom. The summed E-state index contributed by atoms with van der Waals surface area (Å²) in [5.74, 6) is 0.796. The number of aryl methyl sites for hydroxylation is 2. The largest absolute Gasteiger partial charge is 0.489 e. The van der Waals surface area contributed by atoms with E-state index >= 15 is 0 Å². The Bertz CT molecular complexity index is 1070. The van der Waals surface area contributed by atoms with Crippen LogP contribution in [0.2, 0.25) is 0 Å². The molecule has 5 nitrogen and oxygen atoms in total. The lowest BCUT2D eigenvalue weighted by atomic mass is 10.1. The third-order valence-electron chi connectivity index (χ3n) is 5.04. The molecule has 0 saturated carbocycles. The lowest BCUT2D eigenvalue weighted by molar-refractivity contribution is 0.257. The Morgan fingerprint density at radius 1 is 0.933 bits per heavy atom. The number of para-hydroxylation sites is 1. The minimum absolute atomic E-state index is 0.175. The molecule has 0 aromatic heterocycles. The van der Waals surface area contributed by atoms with Crippen molar-refractivity contribution in [2.24, 2.45) is 0 Å². The summed E-state index contributed by atoms with van der Waals surface area (Å²) >= 11 is 0. The third-order valence-corrected chi connectivity index (χ3v) is 5.04. The number of nitrogens with zero attached hydrogens (tertiary/aromatic N) is 1. The van der Waals surface area contributed by atoms with Crippen LogP contribution in [0.15, 0.2) is 78.9 Å². The van der Waals surface area contributed by atoms with Gasteiger partial charge in [0.2, 0.25) is 0 Å².